The molecule has 2 aromatic rings. The minimum Gasteiger partial charge on any atom is -0.497 e. The molecule has 0 fully saturated rings. The lowest BCUT2D eigenvalue weighted by Gasteiger charge is -2.08. The van der Waals surface area contributed by atoms with Crippen molar-refractivity contribution >= 4 is 23.0 Å². The average Bonchev–Trinajstić information content (AvgIpc) is 2.45. The van der Waals surface area contributed by atoms with E-state index in [1.807, 2.05) is 24.3 Å². The summed E-state index contributed by atoms with van der Waals surface area (Å²) in [5.41, 5.74) is 1.71. The number of nitro benzene ring substituents is 1. The molecule has 0 atom stereocenters. The summed E-state index contributed by atoms with van der Waals surface area (Å²) in [6.07, 6.45) is 0. The van der Waals surface area contributed by atoms with E-state index < -0.39 is 4.92 Å². The SMILES string of the molecule is COc1ccc(CNc2ccc([N+](=O)[O-])c(Cl)c2)cc1. The van der Waals surface area contributed by atoms with E-state index in [1.165, 1.54) is 6.07 Å². The molecule has 5 nitrogen and oxygen atoms in total. The second-order valence-electron chi connectivity index (χ2n) is 4.12. The van der Waals surface area contributed by atoms with Crippen molar-refractivity contribution in [2.45, 2.75) is 6.54 Å². The van der Waals surface area contributed by atoms with Crippen molar-refractivity contribution < 1.29 is 9.66 Å². The van der Waals surface area contributed by atoms with Gasteiger partial charge in [-0.25, -0.2) is 0 Å². The van der Waals surface area contributed by atoms with Gasteiger partial charge in [0.15, 0.2) is 0 Å². The molecule has 1 N–H and O–H groups in total. The topological polar surface area (TPSA) is 64.4 Å². The standard InChI is InChI=1S/C14H13ClN2O3/c1-20-12-5-2-10(3-6-12)9-16-11-4-7-14(17(18)19)13(15)8-11/h2-8,16H,9H2,1H3. The monoisotopic (exact) mass is 292 g/mol. The molecule has 0 aliphatic rings. The molecule has 104 valence electrons. The average molecular weight is 293 g/mol. The summed E-state index contributed by atoms with van der Waals surface area (Å²) in [5.74, 6) is 0.798. The number of hydrogen-bond acceptors (Lipinski definition) is 4. The number of nitrogens with zero attached hydrogens (tertiary/aromatic N) is 1. The van der Waals surface area contributed by atoms with Gasteiger partial charge in [0.1, 0.15) is 10.8 Å². The summed E-state index contributed by atoms with van der Waals surface area (Å²) < 4.78 is 5.08. The molecule has 0 aliphatic heterocycles. The van der Waals surface area contributed by atoms with Crippen molar-refractivity contribution in [1.82, 2.24) is 0 Å². The van der Waals surface area contributed by atoms with E-state index in [2.05, 4.69) is 5.32 Å². The summed E-state index contributed by atoms with van der Waals surface area (Å²) in [4.78, 5) is 10.2. The maximum absolute atomic E-state index is 10.7. The van der Waals surface area contributed by atoms with E-state index in [0.29, 0.717) is 6.54 Å². The van der Waals surface area contributed by atoms with Crippen molar-refractivity contribution in [1.29, 1.82) is 0 Å². The molecule has 2 rings (SSSR count). The third-order valence-corrected chi connectivity index (χ3v) is 3.10. The Kier molecular flexibility index (Phi) is 4.42. The molecule has 0 spiro atoms. The summed E-state index contributed by atoms with van der Waals surface area (Å²) in [6, 6.07) is 12.2. The second-order valence-corrected chi connectivity index (χ2v) is 4.53. The van der Waals surface area contributed by atoms with E-state index in [1.54, 1.807) is 19.2 Å². The molecule has 0 saturated carbocycles. The van der Waals surface area contributed by atoms with Gasteiger partial charge in [0, 0.05) is 18.3 Å². The van der Waals surface area contributed by atoms with E-state index in [-0.39, 0.29) is 10.7 Å². The van der Waals surface area contributed by atoms with Crippen LogP contribution >= 0.6 is 11.6 Å². The first-order valence-corrected chi connectivity index (χ1v) is 6.28. The first kappa shape index (κ1) is 14.1. The molecule has 0 aromatic heterocycles. The highest BCUT2D eigenvalue weighted by Gasteiger charge is 2.11. The zero-order chi connectivity index (χ0) is 14.5. The Morgan fingerprint density at radius 3 is 2.50 bits per heavy atom. The van der Waals surface area contributed by atoms with Crippen LogP contribution in [0.25, 0.3) is 0 Å². The third-order valence-electron chi connectivity index (χ3n) is 2.80. The van der Waals surface area contributed by atoms with Gasteiger partial charge in [0.25, 0.3) is 5.69 Å². The molecule has 0 unspecified atom stereocenters. The smallest absolute Gasteiger partial charge is 0.288 e. The lowest BCUT2D eigenvalue weighted by molar-refractivity contribution is -0.384. The van der Waals surface area contributed by atoms with Crippen molar-refractivity contribution in [3.63, 3.8) is 0 Å². The lowest BCUT2D eigenvalue weighted by atomic mass is 10.2. The molecule has 2 aromatic carbocycles. The Morgan fingerprint density at radius 1 is 1.25 bits per heavy atom. The maximum Gasteiger partial charge on any atom is 0.288 e. The molecule has 0 amide bonds. The van der Waals surface area contributed by atoms with Gasteiger partial charge in [-0.05, 0) is 29.8 Å². The van der Waals surface area contributed by atoms with Gasteiger partial charge in [-0.3, -0.25) is 10.1 Å². The predicted octanol–water partition coefficient (Wildman–Crippen LogP) is 3.87. The molecule has 0 aliphatic carbocycles. The van der Waals surface area contributed by atoms with E-state index in [4.69, 9.17) is 16.3 Å². The Labute approximate surface area is 121 Å². The number of rotatable bonds is 5. The summed E-state index contributed by atoms with van der Waals surface area (Å²) >= 11 is 5.85. The molecule has 0 saturated heterocycles. The fourth-order valence-corrected chi connectivity index (χ4v) is 1.96. The summed E-state index contributed by atoms with van der Waals surface area (Å²) in [6.45, 7) is 0.595. The minimum atomic E-state index is -0.504. The van der Waals surface area contributed by atoms with Crippen LogP contribution in [0.3, 0.4) is 0 Å². The third kappa shape index (κ3) is 3.39. The Bertz CT molecular complexity index is 614. The van der Waals surface area contributed by atoms with Gasteiger partial charge in [-0.2, -0.15) is 0 Å². The first-order valence-electron chi connectivity index (χ1n) is 5.91. The van der Waals surface area contributed by atoms with Gasteiger partial charge in [0.2, 0.25) is 0 Å². The van der Waals surface area contributed by atoms with E-state index >= 15 is 0 Å². The zero-order valence-corrected chi connectivity index (χ0v) is 11.6. The number of ether oxygens (including phenoxy) is 1. The zero-order valence-electron chi connectivity index (χ0n) is 10.8. The molecule has 0 heterocycles. The number of anilines is 1. The van der Waals surface area contributed by atoms with Gasteiger partial charge in [-0.15, -0.1) is 0 Å². The van der Waals surface area contributed by atoms with Crippen LogP contribution < -0.4 is 10.1 Å². The van der Waals surface area contributed by atoms with Gasteiger partial charge in [0.05, 0.1) is 12.0 Å². The van der Waals surface area contributed by atoms with Gasteiger partial charge in [-0.1, -0.05) is 23.7 Å². The normalized spacial score (nSPS) is 10.1. The Hall–Kier alpha value is -2.27. The minimum absolute atomic E-state index is 0.0957. The van der Waals surface area contributed by atoms with Crippen LogP contribution in [-0.2, 0) is 6.54 Å². The highest BCUT2D eigenvalue weighted by Crippen LogP contribution is 2.27. The Morgan fingerprint density at radius 2 is 1.95 bits per heavy atom. The number of benzene rings is 2. The van der Waals surface area contributed by atoms with Crippen LogP contribution in [0.5, 0.6) is 5.75 Å². The lowest BCUT2D eigenvalue weighted by Crippen LogP contribution is -2.00. The number of methoxy groups -OCH3 is 1. The number of hydrogen-bond donors (Lipinski definition) is 1. The van der Waals surface area contributed by atoms with Crippen molar-refractivity contribution in [3.8, 4) is 5.75 Å². The number of nitrogens with one attached hydrogen (secondary N) is 1. The number of nitro groups is 1. The summed E-state index contributed by atoms with van der Waals surface area (Å²) in [5, 5.41) is 13.9. The van der Waals surface area contributed by atoms with Crippen LogP contribution in [0.15, 0.2) is 42.5 Å². The van der Waals surface area contributed by atoms with E-state index in [0.717, 1.165) is 17.0 Å². The fraction of sp³-hybridized carbons (Fsp3) is 0.143. The summed E-state index contributed by atoms with van der Waals surface area (Å²) in [7, 11) is 1.62. The van der Waals surface area contributed by atoms with Crippen molar-refractivity contribution in [2.75, 3.05) is 12.4 Å². The van der Waals surface area contributed by atoms with Crippen LogP contribution in [0.2, 0.25) is 5.02 Å². The van der Waals surface area contributed by atoms with Crippen molar-refractivity contribution in [3.05, 3.63) is 63.2 Å². The maximum atomic E-state index is 10.7. The van der Waals surface area contributed by atoms with E-state index in [9.17, 15) is 10.1 Å². The molecule has 20 heavy (non-hydrogen) atoms. The highest BCUT2D eigenvalue weighted by atomic mass is 35.5. The van der Waals surface area contributed by atoms with Crippen LogP contribution in [0.1, 0.15) is 5.56 Å². The molecular formula is C14H13ClN2O3. The quantitative estimate of drug-likeness (QED) is 0.671. The van der Waals surface area contributed by atoms with Crippen LogP contribution in [0.4, 0.5) is 11.4 Å². The van der Waals surface area contributed by atoms with Gasteiger partial charge >= 0.3 is 0 Å². The van der Waals surface area contributed by atoms with Crippen LogP contribution in [-0.4, -0.2) is 12.0 Å². The molecular weight excluding hydrogens is 280 g/mol. The van der Waals surface area contributed by atoms with Crippen LogP contribution in [0, 0.1) is 10.1 Å². The second kappa shape index (κ2) is 6.25. The van der Waals surface area contributed by atoms with Crippen molar-refractivity contribution in [2.24, 2.45) is 0 Å². The largest absolute Gasteiger partial charge is 0.497 e. The predicted molar refractivity (Wildman–Crippen MR) is 78.4 cm³/mol. The number of halogens is 1. The molecule has 6 heteroatoms. The highest BCUT2D eigenvalue weighted by molar-refractivity contribution is 6.32. The molecule has 0 bridgehead atoms. The fourth-order valence-electron chi connectivity index (χ4n) is 1.71. The molecule has 0 radical (unpaired) electrons. The Balaban J connectivity index is 2.03. The first-order chi connectivity index (χ1) is 9.60. The van der Waals surface area contributed by atoms with Gasteiger partial charge < -0.3 is 10.1 Å².